The Balaban J connectivity index is 1.32. The van der Waals surface area contributed by atoms with Crippen LogP contribution in [-0.2, 0) is 90.5 Å². The molecular weight excluding hydrogens is 1370 g/mol. The third-order valence-corrected chi connectivity index (χ3v) is 17.4. The summed E-state index contributed by atoms with van der Waals surface area (Å²) in [4.78, 5) is 116. The van der Waals surface area contributed by atoms with E-state index in [9.17, 15) is 94.2 Å². The number of rotatable bonds is 51. The average molecular weight is 1490 g/mol. The van der Waals surface area contributed by atoms with Gasteiger partial charge in [-0.25, -0.2) is 0 Å². The van der Waals surface area contributed by atoms with Gasteiger partial charge in [0.25, 0.3) is 0 Å². The quantitative estimate of drug-likeness (QED) is 0.0252. The molecule has 4 aliphatic rings. The molecule has 3 heterocycles. The molecule has 9 amide bonds. The van der Waals surface area contributed by atoms with Gasteiger partial charge in [0.05, 0.1) is 97.5 Å². The first-order chi connectivity index (χ1) is 49.3. The summed E-state index contributed by atoms with van der Waals surface area (Å²) in [5.74, 6) is -4.89. The molecule has 0 aromatic heterocycles. The minimum atomic E-state index is -1.54. The molecule has 0 aromatic rings. The number of aliphatic hydroxyl groups excluding tert-OH is 10. The van der Waals surface area contributed by atoms with Crippen molar-refractivity contribution in [3.8, 4) is 0 Å². The Hall–Kier alpha value is -5.57. The number of nitrogens with one attached hydrogen (secondary N) is 9. The Morgan fingerprint density at radius 3 is 1.12 bits per heavy atom. The van der Waals surface area contributed by atoms with E-state index in [0.717, 1.165) is 32.1 Å². The lowest BCUT2D eigenvalue weighted by molar-refractivity contribution is -0.272. The lowest BCUT2D eigenvalue weighted by atomic mass is 9.97. The Labute approximate surface area is 599 Å². The van der Waals surface area contributed by atoms with Crippen molar-refractivity contribution in [2.24, 2.45) is 0 Å². The predicted molar refractivity (Wildman–Crippen MR) is 357 cm³/mol. The molecule has 20 atom stereocenters. The van der Waals surface area contributed by atoms with Gasteiger partial charge in [-0.2, -0.15) is 0 Å². The van der Waals surface area contributed by atoms with Gasteiger partial charge in [-0.1, -0.05) is 38.5 Å². The van der Waals surface area contributed by atoms with Crippen molar-refractivity contribution in [1.29, 1.82) is 0 Å². The van der Waals surface area contributed by atoms with E-state index in [-0.39, 0.29) is 123 Å². The van der Waals surface area contributed by atoms with Crippen LogP contribution in [0.2, 0.25) is 0 Å². The maximum Gasteiger partial charge on any atom is 0.242 e. The van der Waals surface area contributed by atoms with E-state index < -0.39 is 184 Å². The summed E-state index contributed by atoms with van der Waals surface area (Å²) in [6, 6.07) is -6.47. The zero-order valence-electron chi connectivity index (χ0n) is 59.4. The number of ether oxygens (including phenoxy) is 10. The first-order valence-electron chi connectivity index (χ1n) is 35.6. The molecule has 594 valence electrons. The molecule has 17 unspecified atom stereocenters. The largest absolute Gasteiger partial charge is 0.394 e. The second-order valence-electron chi connectivity index (χ2n) is 25.6. The maximum absolute atomic E-state index is 13.8. The fraction of sp³-hybridized carbons (Fsp3) is 0.862. The molecule has 4 fully saturated rings. The highest BCUT2D eigenvalue weighted by atomic mass is 16.7. The smallest absolute Gasteiger partial charge is 0.242 e. The van der Waals surface area contributed by atoms with Crippen molar-refractivity contribution in [2.75, 3.05) is 106 Å². The number of carbonyl (C=O) groups is 9. The van der Waals surface area contributed by atoms with Gasteiger partial charge in [0, 0.05) is 79.1 Å². The summed E-state index contributed by atoms with van der Waals surface area (Å²) in [6.45, 7) is 2.88. The normalized spacial score (nSPS) is 28.3. The van der Waals surface area contributed by atoms with E-state index in [1.54, 1.807) is 0 Å². The summed E-state index contributed by atoms with van der Waals surface area (Å²) >= 11 is 0. The second-order valence-corrected chi connectivity index (χ2v) is 25.6. The molecule has 0 spiro atoms. The SMILES string of the molecule is CCO[C@@H]1C[C@H](NC(=O)CCCCCCCCCCC(=O)NC(CCC(=O)NC(CCC(=O)NCCOCCOC2OC(CO)C(O)C(O)C2NC(C)=O)C(=O)NCCOCCOC2OC(CO)C(O)C(O)C2NC(C)=O)C(=O)NCCOCCOC2OC(CO)C(O)C(O)C2NC(C)=O)[C@@H](O)C1. The Kier molecular flexibility index (Phi) is 43.7. The average Bonchev–Trinajstić information content (AvgIpc) is 0.984. The molecule has 1 aliphatic carbocycles. The minimum Gasteiger partial charge on any atom is -0.394 e. The zero-order valence-corrected chi connectivity index (χ0v) is 59.4. The first kappa shape index (κ1) is 89.8. The van der Waals surface area contributed by atoms with E-state index in [1.165, 1.54) is 20.8 Å². The van der Waals surface area contributed by atoms with Crippen molar-refractivity contribution in [3.05, 3.63) is 0 Å². The van der Waals surface area contributed by atoms with E-state index in [2.05, 4.69) is 47.9 Å². The van der Waals surface area contributed by atoms with Gasteiger partial charge in [-0.05, 0) is 39.0 Å². The molecule has 19 N–H and O–H groups in total. The van der Waals surface area contributed by atoms with E-state index >= 15 is 0 Å². The Morgan fingerprint density at radius 1 is 0.398 bits per heavy atom. The van der Waals surface area contributed by atoms with Crippen molar-refractivity contribution in [2.45, 2.75) is 253 Å². The highest BCUT2D eigenvalue weighted by Gasteiger charge is 2.48. The van der Waals surface area contributed by atoms with E-state index in [1.807, 2.05) is 6.92 Å². The second kappa shape index (κ2) is 50.1. The molecular formula is C65H115N9O29. The van der Waals surface area contributed by atoms with Crippen molar-refractivity contribution in [3.63, 3.8) is 0 Å². The summed E-state index contributed by atoms with van der Waals surface area (Å²) in [7, 11) is 0. The van der Waals surface area contributed by atoms with E-state index in [0.29, 0.717) is 45.1 Å². The molecule has 3 aliphatic heterocycles. The van der Waals surface area contributed by atoms with Gasteiger partial charge in [0.2, 0.25) is 53.2 Å². The fourth-order valence-electron chi connectivity index (χ4n) is 11.9. The molecule has 38 nitrogen and oxygen atoms in total. The number of unbranched alkanes of at least 4 members (excludes halogenated alkanes) is 7. The van der Waals surface area contributed by atoms with Gasteiger partial charge in [0.15, 0.2) is 18.9 Å². The van der Waals surface area contributed by atoms with Gasteiger partial charge < -0.3 is 146 Å². The summed E-state index contributed by atoms with van der Waals surface area (Å²) in [6.07, 6.45) is -10.7. The third kappa shape index (κ3) is 33.4. The molecule has 0 radical (unpaired) electrons. The van der Waals surface area contributed by atoms with Crippen molar-refractivity contribution >= 4 is 53.2 Å². The Bertz CT molecular complexity index is 2520. The molecule has 0 aromatic carbocycles. The van der Waals surface area contributed by atoms with Crippen LogP contribution in [0, 0.1) is 0 Å². The van der Waals surface area contributed by atoms with Gasteiger partial charge >= 0.3 is 0 Å². The minimum absolute atomic E-state index is 0.0205. The molecule has 4 rings (SSSR count). The van der Waals surface area contributed by atoms with Crippen LogP contribution < -0.4 is 47.9 Å². The number of aliphatic hydroxyl groups is 10. The van der Waals surface area contributed by atoms with Gasteiger partial charge in [-0.15, -0.1) is 0 Å². The molecule has 103 heavy (non-hydrogen) atoms. The standard InChI is InChI=1S/C65H115N9O29/c1-5-97-40-32-43(44(81)33-40)74-50(84)15-13-11-9-7-6-8-10-12-14-49(83)72-42(62(93)68-22-25-96-28-31-100-65-54(71-39(4)80)60(91)57(88)47(36-77)103-65)17-19-51(85)73-41(61(92)67-21-24-95-27-30-99-64-53(70-38(3)79)59(90)56(87)46(35-76)102-64)16-18-48(82)66-20-23-94-26-29-98-63-52(69-37(2)78)58(89)55(86)45(34-75)101-63/h40-47,52-60,63-65,75-77,81,86-91H,5-36H2,1-4H3,(H,66,82)(H,67,92)(H,68,93)(H,69,78)(H,70,79)(H,71,80)(H,72,83)(H,73,85)(H,74,84)/t40-,41?,42?,43+,44+,45?,46?,47?,52?,53?,54?,55?,56?,57?,58?,59?,60?,63?,64?,65?/m1/s1. The number of hydrogen-bond acceptors (Lipinski definition) is 29. The lowest BCUT2D eigenvalue weighted by Crippen LogP contribution is -2.64. The van der Waals surface area contributed by atoms with Crippen LogP contribution in [0.5, 0.6) is 0 Å². The molecule has 38 heteroatoms. The number of hydrogen-bond donors (Lipinski definition) is 19. The summed E-state index contributed by atoms with van der Waals surface area (Å²) < 4.78 is 56.0. The maximum atomic E-state index is 13.8. The Morgan fingerprint density at radius 2 is 0.748 bits per heavy atom. The summed E-state index contributed by atoms with van der Waals surface area (Å²) in [5, 5.41) is 125. The van der Waals surface area contributed by atoms with Crippen molar-refractivity contribution < 1.29 is 142 Å². The van der Waals surface area contributed by atoms with Crippen LogP contribution in [0.1, 0.15) is 130 Å². The number of amides is 9. The molecule has 3 saturated heterocycles. The van der Waals surface area contributed by atoms with Crippen LogP contribution in [0.4, 0.5) is 0 Å². The van der Waals surface area contributed by atoms with Gasteiger partial charge in [0.1, 0.15) is 85.1 Å². The summed E-state index contributed by atoms with van der Waals surface area (Å²) in [5.41, 5.74) is 0. The fourth-order valence-corrected chi connectivity index (χ4v) is 11.9. The van der Waals surface area contributed by atoms with Crippen LogP contribution in [0.25, 0.3) is 0 Å². The highest BCUT2D eigenvalue weighted by molar-refractivity contribution is 5.90. The molecule has 0 bridgehead atoms. The van der Waals surface area contributed by atoms with Crippen LogP contribution in [-0.4, -0.2) is 332 Å². The van der Waals surface area contributed by atoms with Crippen LogP contribution in [0.15, 0.2) is 0 Å². The lowest BCUT2D eigenvalue weighted by Gasteiger charge is -2.42. The topological polar surface area (TPSA) is 557 Å². The molecule has 1 saturated carbocycles. The monoisotopic (exact) mass is 1490 g/mol. The number of carbonyl (C=O) groups excluding carboxylic acids is 9. The highest BCUT2D eigenvalue weighted by Crippen LogP contribution is 2.26. The van der Waals surface area contributed by atoms with Crippen LogP contribution >= 0.6 is 0 Å². The third-order valence-electron chi connectivity index (χ3n) is 17.4. The van der Waals surface area contributed by atoms with Crippen molar-refractivity contribution in [1.82, 2.24) is 47.9 Å². The predicted octanol–water partition coefficient (Wildman–Crippen LogP) is -7.26. The zero-order chi connectivity index (χ0) is 75.8. The first-order valence-corrected chi connectivity index (χ1v) is 35.6. The van der Waals surface area contributed by atoms with Crippen LogP contribution in [0.3, 0.4) is 0 Å². The van der Waals surface area contributed by atoms with E-state index in [4.69, 9.17) is 47.4 Å². The van der Waals surface area contributed by atoms with Gasteiger partial charge in [-0.3, -0.25) is 43.2 Å².